The molecule has 1 amide bonds. The average molecular weight is 688 g/mol. The molecule has 0 aromatic carbocycles. The first-order valence-electron chi connectivity index (χ1n) is 16.8. The van der Waals surface area contributed by atoms with Crippen molar-refractivity contribution >= 4 is 23.5 Å². The molecule has 0 radical (unpaired) electrons. The fraction of sp³-hybridized carbons (Fsp3) is 0.514. The van der Waals surface area contributed by atoms with Crippen molar-refractivity contribution in [2.24, 2.45) is 5.73 Å². The molecule has 3 aromatic rings. The SMILES string of the molecule is C[C@@H]1CN(c2ncc(-c3ccc4c(n3)N(Cc3cccnc3C#N)C(C)(C)C4=O)cn2)CCN1C(=O)COCCOCCOCCOCCN. The van der Waals surface area contributed by atoms with Crippen LogP contribution in [0.25, 0.3) is 11.3 Å². The van der Waals surface area contributed by atoms with Gasteiger partial charge in [-0.3, -0.25) is 9.59 Å². The van der Waals surface area contributed by atoms with Crippen LogP contribution in [0.2, 0.25) is 0 Å². The van der Waals surface area contributed by atoms with E-state index >= 15 is 0 Å². The second kappa shape index (κ2) is 17.4. The lowest BCUT2D eigenvalue weighted by molar-refractivity contribution is -0.139. The molecule has 0 bridgehead atoms. The Kier molecular flexibility index (Phi) is 12.7. The summed E-state index contributed by atoms with van der Waals surface area (Å²) < 4.78 is 21.7. The highest BCUT2D eigenvalue weighted by Gasteiger charge is 2.45. The minimum atomic E-state index is -0.853. The first-order valence-corrected chi connectivity index (χ1v) is 16.8. The van der Waals surface area contributed by atoms with Crippen molar-refractivity contribution in [3.63, 3.8) is 0 Å². The molecule has 15 nitrogen and oxygen atoms in total. The lowest BCUT2D eigenvalue weighted by atomic mass is 9.97. The third kappa shape index (κ3) is 8.76. The van der Waals surface area contributed by atoms with Crippen molar-refractivity contribution in [2.75, 3.05) is 88.8 Å². The number of carbonyl (C=O) groups excluding carboxylic acids is 2. The van der Waals surface area contributed by atoms with Crippen molar-refractivity contribution in [3.05, 3.63) is 59.7 Å². The number of amides is 1. The van der Waals surface area contributed by atoms with Crippen LogP contribution in [0, 0.1) is 11.3 Å². The van der Waals surface area contributed by atoms with E-state index in [0.29, 0.717) is 113 Å². The van der Waals surface area contributed by atoms with E-state index in [1.807, 2.05) is 36.6 Å². The number of Topliss-reactive ketones (excluding diaryl/α,β-unsaturated/α-hetero) is 1. The Labute approximate surface area is 292 Å². The number of rotatable bonds is 17. The van der Waals surface area contributed by atoms with Gasteiger partial charge in [-0.25, -0.2) is 19.9 Å². The van der Waals surface area contributed by atoms with E-state index in [1.54, 1.807) is 36.8 Å². The van der Waals surface area contributed by atoms with E-state index in [9.17, 15) is 14.9 Å². The largest absolute Gasteiger partial charge is 0.378 e. The van der Waals surface area contributed by atoms with Gasteiger partial charge in [-0.1, -0.05) is 6.07 Å². The number of piperazine rings is 1. The van der Waals surface area contributed by atoms with Crippen LogP contribution in [0.5, 0.6) is 0 Å². The molecule has 1 saturated heterocycles. The maximum absolute atomic E-state index is 13.3. The van der Waals surface area contributed by atoms with Crippen LogP contribution < -0.4 is 15.5 Å². The van der Waals surface area contributed by atoms with E-state index in [-0.39, 0.29) is 24.3 Å². The van der Waals surface area contributed by atoms with Crippen molar-refractivity contribution in [1.82, 2.24) is 24.8 Å². The first-order chi connectivity index (χ1) is 24.2. The molecule has 3 aromatic heterocycles. The zero-order valence-corrected chi connectivity index (χ0v) is 28.9. The summed E-state index contributed by atoms with van der Waals surface area (Å²) in [6.45, 7) is 11.3. The number of fused-ring (bicyclic) bond motifs is 1. The molecule has 1 atom stereocenters. The Morgan fingerprint density at radius 1 is 0.980 bits per heavy atom. The lowest BCUT2D eigenvalue weighted by Gasteiger charge is -2.39. The van der Waals surface area contributed by atoms with Gasteiger partial charge in [0, 0.05) is 68.5 Å². The predicted molar refractivity (Wildman–Crippen MR) is 185 cm³/mol. The predicted octanol–water partition coefficient (Wildman–Crippen LogP) is 1.85. The number of ketones is 1. The number of aromatic nitrogens is 4. The monoisotopic (exact) mass is 687 g/mol. The second-order valence-corrected chi connectivity index (χ2v) is 12.5. The summed E-state index contributed by atoms with van der Waals surface area (Å²) >= 11 is 0. The minimum Gasteiger partial charge on any atom is -0.378 e. The van der Waals surface area contributed by atoms with Gasteiger partial charge < -0.3 is 39.4 Å². The molecule has 0 spiro atoms. The summed E-state index contributed by atoms with van der Waals surface area (Å²) in [6.07, 6.45) is 5.02. The second-order valence-electron chi connectivity index (χ2n) is 12.5. The number of pyridine rings is 2. The smallest absolute Gasteiger partial charge is 0.248 e. The number of hydrogen-bond acceptors (Lipinski definition) is 14. The van der Waals surface area contributed by atoms with Crippen LogP contribution in [0.3, 0.4) is 0 Å². The molecule has 266 valence electrons. The summed E-state index contributed by atoms with van der Waals surface area (Å²) in [5.74, 6) is 1.00. The first kappa shape index (κ1) is 36.7. The molecule has 2 aliphatic rings. The molecule has 1 fully saturated rings. The molecule has 0 unspecified atom stereocenters. The zero-order valence-electron chi connectivity index (χ0n) is 28.9. The van der Waals surface area contributed by atoms with E-state index in [0.717, 1.165) is 5.56 Å². The third-order valence-corrected chi connectivity index (χ3v) is 8.70. The number of carbonyl (C=O) groups is 2. The summed E-state index contributed by atoms with van der Waals surface area (Å²) in [4.78, 5) is 50.3. The highest BCUT2D eigenvalue weighted by atomic mass is 16.6. The average Bonchev–Trinajstić information content (AvgIpc) is 3.31. The standard InChI is InChI=1S/C35H45N9O6/c1-25-22-42(10-11-43(25)31(45)24-50-18-17-49-16-15-48-14-13-47-12-8-36)34-39-20-27(21-40-34)29-7-6-28-32(46)35(2,3)44(33(28)41-29)23-26-5-4-9-38-30(26)19-37/h4-7,9,20-21,25H,8,10-18,22-24,36H2,1-3H3/t25-/m1/s1. The summed E-state index contributed by atoms with van der Waals surface area (Å²) in [6, 6.07) is 9.29. The van der Waals surface area contributed by atoms with Crippen LogP contribution in [0.1, 0.15) is 42.4 Å². The fourth-order valence-corrected chi connectivity index (χ4v) is 5.93. The fourth-order valence-electron chi connectivity index (χ4n) is 5.93. The van der Waals surface area contributed by atoms with E-state index in [4.69, 9.17) is 29.7 Å². The highest BCUT2D eigenvalue weighted by Crippen LogP contribution is 2.39. The lowest BCUT2D eigenvalue weighted by Crippen LogP contribution is -2.55. The molecule has 2 N–H and O–H groups in total. The molecule has 50 heavy (non-hydrogen) atoms. The minimum absolute atomic E-state index is 0.0103. The van der Waals surface area contributed by atoms with Gasteiger partial charge in [0.25, 0.3) is 0 Å². The van der Waals surface area contributed by atoms with Crippen LogP contribution in [0.15, 0.2) is 42.9 Å². The number of nitrogens with two attached hydrogens (primary N) is 1. The molecule has 5 heterocycles. The molecular formula is C35H45N9O6. The maximum atomic E-state index is 13.3. The van der Waals surface area contributed by atoms with Crippen LogP contribution in [-0.4, -0.2) is 127 Å². The van der Waals surface area contributed by atoms with E-state index in [2.05, 4.69) is 25.9 Å². The number of nitrogens with zero attached hydrogens (tertiary/aromatic N) is 8. The van der Waals surface area contributed by atoms with Gasteiger partial charge in [0.15, 0.2) is 5.78 Å². The topological polar surface area (TPSA) is 182 Å². The van der Waals surface area contributed by atoms with Gasteiger partial charge >= 0.3 is 0 Å². The van der Waals surface area contributed by atoms with Gasteiger partial charge in [-0.05, 0) is 39.0 Å². The Hall–Kier alpha value is -4.59. The van der Waals surface area contributed by atoms with E-state index < -0.39 is 5.54 Å². The molecule has 0 saturated carbocycles. The Balaban J connectivity index is 1.10. The number of ether oxygens (including phenoxy) is 4. The maximum Gasteiger partial charge on any atom is 0.248 e. The van der Waals surface area contributed by atoms with Gasteiger partial charge in [0.2, 0.25) is 11.9 Å². The molecular weight excluding hydrogens is 642 g/mol. The van der Waals surface area contributed by atoms with Crippen LogP contribution in [-0.2, 0) is 30.3 Å². The number of nitriles is 1. The van der Waals surface area contributed by atoms with Gasteiger partial charge in [0.05, 0.1) is 63.0 Å². The van der Waals surface area contributed by atoms with Crippen LogP contribution >= 0.6 is 0 Å². The zero-order chi connectivity index (χ0) is 35.5. The number of anilines is 2. The van der Waals surface area contributed by atoms with Crippen LogP contribution in [0.4, 0.5) is 11.8 Å². The van der Waals surface area contributed by atoms with Gasteiger partial charge in [0.1, 0.15) is 24.2 Å². The summed E-state index contributed by atoms with van der Waals surface area (Å²) in [5, 5.41) is 9.56. The third-order valence-electron chi connectivity index (χ3n) is 8.70. The molecule has 5 rings (SSSR count). The number of hydrogen-bond donors (Lipinski definition) is 1. The quantitative estimate of drug-likeness (QED) is 0.203. The van der Waals surface area contributed by atoms with Crippen molar-refractivity contribution in [3.8, 4) is 17.3 Å². The van der Waals surface area contributed by atoms with Gasteiger partial charge in [-0.2, -0.15) is 5.26 Å². The molecule has 0 aliphatic carbocycles. The molecule has 2 aliphatic heterocycles. The molecule has 15 heteroatoms. The van der Waals surface area contributed by atoms with Crippen molar-refractivity contribution in [2.45, 2.75) is 38.9 Å². The highest BCUT2D eigenvalue weighted by molar-refractivity contribution is 6.12. The van der Waals surface area contributed by atoms with E-state index in [1.165, 1.54) is 0 Å². The summed E-state index contributed by atoms with van der Waals surface area (Å²) in [5.41, 5.74) is 7.41. The van der Waals surface area contributed by atoms with Gasteiger partial charge in [-0.15, -0.1) is 0 Å². The van der Waals surface area contributed by atoms with Crippen molar-refractivity contribution in [1.29, 1.82) is 5.26 Å². The van der Waals surface area contributed by atoms with Crippen molar-refractivity contribution < 1.29 is 28.5 Å². The Morgan fingerprint density at radius 3 is 2.32 bits per heavy atom. The Bertz CT molecular complexity index is 1650. The normalized spacial score (nSPS) is 16.8. The summed E-state index contributed by atoms with van der Waals surface area (Å²) in [7, 11) is 0. The Morgan fingerprint density at radius 2 is 1.66 bits per heavy atom.